The zero-order chi connectivity index (χ0) is 23.2. The van der Waals surface area contributed by atoms with Crippen molar-refractivity contribution in [3.8, 4) is 5.75 Å². The van der Waals surface area contributed by atoms with E-state index in [-0.39, 0.29) is 11.8 Å². The summed E-state index contributed by atoms with van der Waals surface area (Å²) >= 11 is 0. The number of carbonyl (C=O) groups excluding carboxylic acids is 1. The van der Waals surface area contributed by atoms with Gasteiger partial charge in [0.2, 0.25) is 0 Å². The second-order valence-corrected chi connectivity index (χ2v) is 8.98. The summed E-state index contributed by atoms with van der Waals surface area (Å²) in [4.78, 5) is 17.6. The van der Waals surface area contributed by atoms with Gasteiger partial charge >= 0.3 is 0 Å². The van der Waals surface area contributed by atoms with Gasteiger partial charge in [0.25, 0.3) is 5.91 Å². The average Bonchev–Trinajstić information content (AvgIpc) is 3.24. The van der Waals surface area contributed by atoms with E-state index in [2.05, 4.69) is 11.0 Å². The van der Waals surface area contributed by atoms with E-state index in [1.807, 2.05) is 47.4 Å². The monoisotopic (exact) mass is 464 g/mol. The Morgan fingerprint density at radius 1 is 1.00 bits per heavy atom. The Bertz CT molecular complexity index is 1090. The van der Waals surface area contributed by atoms with Gasteiger partial charge in [-0.2, -0.15) is 0 Å². The fourth-order valence-electron chi connectivity index (χ4n) is 4.75. The third-order valence-electron chi connectivity index (χ3n) is 6.58. The molecule has 5 rings (SSSR count). The van der Waals surface area contributed by atoms with Crippen LogP contribution in [0.2, 0.25) is 0 Å². The van der Waals surface area contributed by atoms with Crippen LogP contribution in [0.5, 0.6) is 5.75 Å². The Kier molecular flexibility index (Phi) is 7.43. The van der Waals surface area contributed by atoms with Crippen molar-refractivity contribution in [1.82, 2.24) is 9.80 Å². The fraction of sp³-hybridized carbons (Fsp3) is 0.444. The summed E-state index contributed by atoms with van der Waals surface area (Å²) in [5.41, 5.74) is 2.77. The van der Waals surface area contributed by atoms with Crippen molar-refractivity contribution >= 4 is 16.9 Å². The molecule has 2 aliphatic heterocycles. The van der Waals surface area contributed by atoms with Crippen LogP contribution >= 0.6 is 0 Å². The summed E-state index contributed by atoms with van der Waals surface area (Å²) in [6.07, 6.45) is 2.56. The van der Waals surface area contributed by atoms with Gasteiger partial charge < -0.3 is 23.5 Å². The Hall–Kier alpha value is -2.87. The number of nitrogens with zero attached hydrogens (tertiary/aromatic N) is 2. The molecule has 2 aromatic carbocycles. The summed E-state index contributed by atoms with van der Waals surface area (Å²) in [7, 11) is 0. The minimum atomic E-state index is 0.0237. The highest BCUT2D eigenvalue weighted by molar-refractivity contribution is 5.94. The molecular weight excluding hydrogens is 432 g/mol. The van der Waals surface area contributed by atoms with E-state index < -0.39 is 0 Å². The second kappa shape index (κ2) is 11.0. The van der Waals surface area contributed by atoms with Gasteiger partial charge in [-0.05, 0) is 42.3 Å². The smallest absolute Gasteiger partial charge is 0.254 e. The average molecular weight is 465 g/mol. The van der Waals surface area contributed by atoms with Gasteiger partial charge in [0.1, 0.15) is 17.9 Å². The first-order valence-corrected chi connectivity index (χ1v) is 12.1. The molecule has 0 N–H and O–H groups in total. The van der Waals surface area contributed by atoms with Crippen molar-refractivity contribution in [3.05, 3.63) is 65.9 Å². The van der Waals surface area contributed by atoms with Crippen LogP contribution < -0.4 is 4.74 Å². The molecule has 34 heavy (non-hydrogen) atoms. The van der Waals surface area contributed by atoms with Crippen molar-refractivity contribution in [2.75, 3.05) is 65.8 Å². The summed E-state index contributed by atoms with van der Waals surface area (Å²) in [5, 5.41) is 1.13. The lowest BCUT2D eigenvalue weighted by molar-refractivity contribution is 0.0322. The van der Waals surface area contributed by atoms with Crippen LogP contribution in [0.4, 0.5) is 0 Å². The molecule has 7 nitrogen and oxygen atoms in total. The SMILES string of the molecule is O=C(c1cccc(OCCN2CCOCC2)c1)N1CCOC[C@H](Cc2cccc3occc23)C1. The molecule has 0 spiro atoms. The quantitative estimate of drug-likeness (QED) is 0.534. The van der Waals surface area contributed by atoms with Gasteiger partial charge in [-0.1, -0.05) is 18.2 Å². The number of amides is 1. The number of fused-ring (bicyclic) bond motifs is 1. The first-order chi connectivity index (χ1) is 16.8. The molecule has 0 radical (unpaired) electrons. The van der Waals surface area contributed by atoms with Gasteiger partial charge in [-0.3, -0.25) is 9.69 Å². The van der Waals surface area contributed by atoms with Crippen molar-refractivity contribution in [1.29, 1.82) is 0 Å². The van der Waals surface area contributed by atoms with E-state index in [4.69, 9.17) is 18.6 Å². The molecule has 3 aromatic rings. The Balaban J connectivity index is 1.21. The van der Waals surface area contributed by atoms with Crippen molar-refractivity contribution < 1.29 is 23.4 Å². The van der Waals surface area contributed by atoms with Crippen LogP contribution in [0.1, 0.15) is 15.9 Å². The number of hydrogen-bond acceptors (Lipinski definition) is 6. The third-order valence-corrected chi connectivity index (χ3v) is 6.58. The molecule has 1 atom stereocenters. The normalized spacial score (nSPS) is 19.8. The summed E-state index contributed by atoms with van der Waals surface area (Å²) in [6, 6.07) is 15.7. The Labute approximate surface area is 200 Å². The van der Waals surface area contributed by atoms with E-state index in [0.29, 0.717) is 38.5 Å². The molecule has 0 unspecified atom stereocenters. The van der Waals surface area contributed by atoms with Crippen LogP contribution in [-0.2, 0) is 15.9 Å². The molecule has 180 valence electrons. The molecule has 2 fully saturated rings. The molecule has 0 bridgehead atoms. The lowest BCUT2D eigenvalue weighted by Gasteiger charge is -2.26. The standard InChI is InChI=1S/C27H32N2O5/c30-27(23-4-1-5-24(18-23)33-16-10-28-8-13-31-14-9-28)29-11-15-32-20-21(19-29)17-22-3-2-6-26-25(22)7-12-34-26/h1-7,12,18,21H,8-11,13-17,19-20H2/t21-/m1/s1. The van der Waals surface area contributed by atoms with Gasteiger partial charge in [-0.25, -0.2) is 0 Å². The number of ether oxygens (including phenoxy) is 3. The lowest BCUT2D eigenvalue weighted by Crippen LogP contribution is -2.38. The van der Waals surface area contributed by atoms with Crippen molar-refractivity contribution in [2.45, 2.75) is 6.42 Å². The number of carbonyl (C=O) groups is 1. The summed E-state index contributed by atoms with van der Waals surface area (Å²) in [5.74, 6) is 0.976. The van der Waals surface area contributed by atoms with Crippen LogP contribution in [0, 0.1) is 5.92 Å². The largest absolute Gasteiger partial charge is 0.492 e. The van der Waals surface area contributed by atoms with Crippen LogP contribution in [0.25, 0.3) is 11.0 Å². The maximum atomic E-state index is 13.4. The minimum absolute atomic E-state index is 0.0237. The third kappa shape index (κ3) is 5.60. The van der Waals surface area contributed by atoms with E-state index in [0.717, 1.165) is 56.0 Å². The van der Waals surface area contributed by atoms with E-state index >= 15 is 0 Å². The lowest BCUT2D eigenvalue weighted by atomic mass is 9.97. The van der Waals surface area contributed by atoms with Gasteiger partial charge in [0.05, 0.1) is 32.7 Å². The molecule has 0 aliphatic carbocycles. The summed E-state index contributed by atoms with van der Waals surface area (Å²) < 4.78 is 22.8. The van der Waals surface area contributed by atoms with E-state index in [9.17, 15) is 4.79 Å². The topological polar surface area (TPSA) is 64.4 Å². The predicted molar refractivity (Wildman–Crippen MR) is 129 cm³/mol. The zero-order valence-corrected chi connectivity index (χ0v) is 19.5. The molecule has 2 saturated heterocycles. The first kappa shape index (κ1) is 22.9. The van der Waals surface area contributed by atoms with E-state index in [1.54, 1.807) is 6.26 Å². The molecule has 1 amide bonds. The highest BCUT2D eigenvalue weighted by Crippen LogP contribution is 2.24. The maximum absolute atomic E-state index is 13.4. The van der Waals surface area contributed by atoms with Crippen LogP contribution in [-0.4, -0.2) is 81.5 Å². The van der Waals surface area contributed by atoms with Crippen LogP contribution in [0.3, 0.4) is 0 Å². The number of morpholine rings is 1. The molecule has 7 heteroatoms. The fourth-order valence-corrected chi connectivity index (χ4v) is 4.75. The highest BCUT2D eigenvalue weighted by Gasteiger charge is 2.24. The molecule has 1 aromatic heterocycles. The highest BCUT2D eigenvalue weighted by atomic mass is 16.5. The molecule has 0 saturated carbocycles. The van der Waals surface area contributed by atoms with Gasteiger partial charge in [0.15, 0.2) is 0 Å². The van der Waals surface area contributed by atoms with Crippen LogP contribution in [0.15, 0.2) is 59.2 Å². The van der Waals surface area contributed by atoms with Gasteiger partial charge in [-0.15, -0.1) is 0 Å². The number of furan rings is 1. The minimum Gasteiger partial charge on any atom is -0.492 e. The number of rotatable bonds is 7. The molecular formula is C27H32N2O5. The second-order valence-electron chi connectivity index (χ2n) is 8.98. The summed E-state index contributed by atoms with van der Waals surface area (Å²) in [6.45, 7) is 7.33. The van der Waals surface area contributed by atoms with E-state index in [1.165, 1.54) is 5.56 Å². The Morgan fingerprint density at radius 2 is 1.85 bits per heavy atom. The zero-order valence-electron chi connectivity index (χ0n) is 19.5. The van der Waals surface area contributed by atoms with Gasteiger partial charge in [0, 0.05) is 49.6 Å². The van der Waals surface area contributed by atoms with Crippen molar-refractivity contribution in [3.63, 3.8) is 0 Å². The maximum Gasteiger partial charge on any atom is 0.254 e. The Morgan fingerprint density at radius 3 is 2.76 bits per heavy atom. The first-order valence-electron chi connectivity index (χ1n) is 12.1. The van der Waals surface area contributed by atoms with Crippen molar-refractivity contribution in [2.24, 2.45) is 5.92 Å². The predicted octanol–water partition coefficient (Wildman–Crippen LogP) is 3.48. The number of benzene rings is 2. The molecule has 2 aliphatic rings. The number of hydrogen-bond donors (Lipinski definition) is 0. The molecule has 3 heterocycles.